The first kappa shape index (κ1) is 21.0. The lowest BCUT2D eigenvalue weighted by atomic mass is 10.1. The molecule has 2 aliphatic heterocycles. The zero-order valence-corrected chi connectivity index (χ0v) is 15.5. The highest BCUT2D eigenvalue weighted by Crippen LogP contribution is 2.27. The Bertz CT molecular complexity index is 541. The number of anilines is 1. The van der Waals surface area contributed by atoms with Crippen LogP contribution in [0.3, 0.4) is 0 Å². The van der Waals surface area contributed by atoms with Crippen molar-refractivity contribution in [2.75, 3.05) is 44.3 Å². The van der Waals surface area contributed by atoms with Crippen LogP contribution in [0.1, 0.15) is 23.7 Å². The molecule has 8 heteroatoms. The number of nitrogens with zero attached hydrogens (tertiary/aromatic N) is 3. The zero-order valence-electron chi connectivity index (χ0n) is 13.9. The predicted octanol–water partition coefficient (Wildman–Crippen LogP) is 1.57. The number of nitrogens with two attached hydrogens (primary N) is 1. The van der Waals surface area contributed by atoms with Crippen LogP contribution >= 0.6 is 24.8 Å². The van der Waals surface area contributed by atoms with E-state index in [4.69, 9.17) is 10.5 Å². The molecule has 6 nitrogen and oxygen atoms in total. The summed E-state index contributed by atoms with van der Waals surface area (Å²) >= 11 is 0. The van der Waals surface area contributed by atoms with Crippen LogP contribution in [0.4, 0.5) is 5.82 Å². The molecule has 3 heterocycles. The van der Waals surface area contributed by atoms with Crippen molar-refractivity contribution in [2.24, 2.45) is 11.7 Å². The molecule has 2 unspecified atom stereocenters. The van der Waals surface area contributed by atoms with Crippen molar-refractivity contribution in [2.45, 2.75) is 19.4 Å². The molecule has 1 aromatic rings. The summed E-state index contributed by atoms with van der Waals surface area (Å²) in [4.78, 5) is 21.5. The third kappa shape index (κ3) is 4.30. The summed E-state index contributed by atoms with van der Waals surface area (Å²) in [5, 5.41) is 0. The van der Waals surface area contributed by atoms with E-state index in [-0.39, 0.29) is 36.8 Å². The Morgan fingerprint density at radius 1 is 1.38 bits per heavy atom. The number of halogens is 2. The molecule has 0 bridgehead atoms. The molecule has 2 N–H and O–H groups in total. The van der Waals surface area contributed by atoms with Crippen molar-refractivity contribution in [1.82, 2.24) is 9.88 Å². The van der Waals surface area contributed by atoms with Gasteiger partial charge in [0.05, 0.1) is 18.8 Å². The Labute approximate surface area is 155 Å². The van der Waals surface area contributed by atoms with Crippen LogP contribution in [0.2, 0.25) is 0 Å². The third-order valence-electron chi connectivity index (χ3n) is 4.58. The summed E-state index contributed by atoms with van der Waals surface area (Å²) in [6.45, 7) is 6.39. The number of rotatable bonds is 3. The van der Waals surface area contributed by atoms with Crippen molar-refractivity contribution in [3.05, 3.63) is 23.9 Å². The number of carbonyl (C=O) groups excluding carboxylic acids is 1. The van der Waals surface area contributed by atoms with Gasteiger partial charge >= 0.3 is 0 Å². The summed E-state index contributed by atoms with van der Waals surface area (Å²) in [7, 11) is 0. The first-order chi connectivity index (χ1) is 10.7. The van der Waals surface area contributed by atoms with Crippen LogP contribution in [0.5, 0.6) is 0 Å². The molecule has 2 saturated heterocycles. The molecule has 0 aliphatic carbocycles. The number of likely N-dealkylation sites (tertiary alicyclic amines) is 1. The molecule has 136 valence electrons. The standard InChI is InChI=1S/C16H24N4O2.2ClH/c1-12-9-13(10-17)11-20(12)16(21)14-3-2-4-18-15(14)19-5-7-22-8-6-19;;/h2-4,12-13H,5-11,17H2,1H3;2*1H. The summed E-state index contributed by atoms with van der Waals surface area (Å²) in [5.41, 5.74) is 6.46. The van der Waals surface area contributed by atoms with Gasteiger partial charge in [0.2, 0.25) is 0 Å². The van der Waals surface area contributed by atoms with E-state index in [1.807, 2.05) is 17.0 Å². The van der Waals surface area contributed by atoms with Crippen LogP contribution in [-0.2, 0) is 4.74 Å². The minimum absolute atomic E-state index is 0. The van der Waals surface area contributed by atoms with Crippen molar-refractivity contribution in [3.8, 4) is 0 Å². The topological polar surface area (TPSA) is 71.7 Å². The Balaban J connectivity index is 0.00000144. The van der Waals surface area contributed by atoms with Gasteiger partial charge in [0.15, 0.2) is 0 Å². The van der Waals surface area contributed by atoms with Crippen molar-refractivity contribution in [1.29, 1.82) is 0 Å². The van der Waals surface area contributed by atoms with Crippen molar-refractivity contribution in [3.63, 3.8) is 0 Å². The molecule has 2 aliphatic rings. The third-order valence-corrected chi connectivity index (χ3v) is 4.58. The van der Waals surface area contributed by atoms with Gasteiger partial charge in [0, 0.05) is 31.9 Å². The van der Waals surface area contributed by atoms with Crippen LogP contribution in [0, 0.1) is 5.92 Å². The number of morpholine rings is 1. The molecule has 3 rings (SSSR count). The zero-order chi connectivity index (χ0) is 15.5. The highest BCUT2D eigenvalue weighted by molar-refractivity contribution is 5.99. The molecule has 1 amide bonds. The number of carbonyl (C=O) groups is 1. The van der Waals surface area contributed by atoms with Crippen molar-refractivity contribution < 1.29 is 9.53 Å². The minimum atomic E-state index is 0. The van der Waals surface area contributed by atoms with Gasteiger partial charge in [-0.2, -0.15) is 0 Å². The maximum atomic E-state index is 13.0. The van der Waals surface area contributed by atoms with Gasteiger partial charge in [-0.1, -0.05) is 0 Å². The van der Waals surface area contributed by atoms with Crippen molar-refractivity contribution >= 4 is 36.5 Å². The largest absolute Gasteiger partial charge is 0.378 e. The highest BCUT2D eigenvalue weighted by atomic mass is 35.5. The summed E-state index contributed by atoms with van der Waals surface area (Å²) in [5.74, 6) is 1.25. The van der Waals surface area contributed by atoms with E-state index in [1.54, 1.807) is 6.20 Å². The molecular formula is C16H26Cl2N4O2. The second-order valence-electron chi connectivity index (χ2n) is 6.12. The maximum Gasteiger partial charge on any atom is 0.257 e. The quantitative estimate of drug-likeness (QED) is 0.866. The lowest BCUT2D eigenvalue weighted by Gasteiger charge is -2.30. The molecule has 0 spiro atoms. The van der Waals surface area contributed by atoms with E-state index in [9.17, 15) is 4.79 Å². The van der Waals surface area contributed by atoms with E-state index in [0.29, 0.717) is 31.2 Å². The normalized spacial score (nSPS) is 23.4. The first-order valence-corrected chi connectivity index (χ1v) is 7.99. The first-order valence-electron chi connectivity index (χ1n) is 7.99. The predicted molar refractivity (Wildman–Crippen MR) is 99.4 cm³/mol. The number of hydrogen-bond acceptors (Lipinski definition) is 5. The second kappa shape index (κ2) is 9.42. The van der Waals surface area contributed by atoms with Gasteiger partial charge in [0.1, 0.15) is 5.82 Å². The molecule has 0 aromatic carbocycles. The van der Waals surface area contributed by atoms with E-state index < -0.39 is 0 Å². The molecule has 0 radical (unpaired) electrons. The number of aromatic nitrogens is 1. The fourth-order valence-electron chi connectivity index (χ4n) is 3.34. The average Bonchev–Trinajstić information content (AvgIpc) is 2.96. The van der Waals surface area contributed by atoms with Crippen LogP contribution < -0.4 is 10.6 Å². The summed E-state index contributed by atoms with van der Waals surface area (Å²) in [6.07, 6.45) is 2.73. The highest BCUT2D eigenvalue weighted by Gasteiger charge is 2.33. The molecule has 24 heavy (non-hydrogen) atoms. The van der Waals surface area contributed by atoms with Gasteiger partial charge in [-0.05, 0) is 37.9 Å². The number of hydrogen-bond donors (Lipinski definition) is 1. The molecule has 2 fully saturated rings. The SMILES string of the molecule is CC1CC(CN)CN1C(=O)c1cccnc1N1CCOCC1.Cl.Cl. The summed E-state index contributed by atoms with van der Waals surface area (Å²) < 4.78 is 5.39. The number of pyridine rings is 1. The Morgan fingerprint density at radius 2 is 2.08 bits per heavy atom. The van der Waals surface area contributed by atoms with Crippen LogP contribution in [0.15, 0.2) is 18.3 Å². The lowest BCUT2D eigenvalue weighted by Crippen LogP contribution is -2.40. The molecule has 1 aromatic heterocycles. The second-order valence-corrected chi connectivity index (χ2v) is 6.12. The molecule has 2 atom stereocenters. The Hall–Kier alpha value is -1.08. The minimum Gasteiger partial charge on any atom is -0.378 e. The lowest BCUT2D eigenvalue weighted by molar-refractivity contribution is 0.0742. The molecule has 0 saturated carbocycles. The van der Waals surface area contributed by atoms with E-state index in [2.05, 4.69) is 16.8 Å². The number of amides is 1. The smallest absolute Gasteiger partial charge is 0.257 e. The van der Waals surface area contributed by atoms with Gasteiger partial charge in [-0.25, -0.2) is 4.98 Å². The van der Waals surface area contributed by atoms with E-state index in [0.717, 1.165) is 31.9 Å². The summed E-state index contributed by atoms with van der Waals surface area (Å²) in [6, 6.07) is 3.94. The van der Waals surface area contributed by atoms with Crippen LogP contribution in [-0.4, -0.2) is 61.2 Å². The molecular weight excluding hydrogens is 351 g/mol. The fraction of sp³-hybridized carbons (Fsp3) is 0.625. The maximum absolute atomic E-state index is 13.0. The van der Waals surface area contributed by atoms with Gasteiger partial charge in [-0.3, -0.25) is 4.79 Å². The fourth-order valence-corrected chi connectivity index (χ4v) is 3.34. The Morgan fingerprint density at radius 3 is 2.71 bits per heavy atom. The van der Waals surface area contributed by atoms with Gasteiger partial charge in [0.25, 0.3) is 5.91 Å². The average molecular weight is 377 g/mol. The van der Waals surface area contributed by atoms with E-state index >= 15 is 0 Å². The van der Waals surface area contributed by atoms with Gasteiger partial charge in [-0.15, -0.1) is 24.8 Å². The Kier molecular flexibility index (Phi) is 8.22. The number of ether oxygens (including phenoxy) is 1. The monoisotopic (exact) mass is 376 g/mol. The van der Waals surface area contributed by atoms with Crippen LogP contribution in [0.25, 0.3) is 0 Å². The van der Waals surface area contributed by atoms with Gasteiger partial charge < -0.3 is 20.3 Å². The van der Waals surface area contributed by atoms with E-state index in [1.165, 1.54) is 0 Å².